The van der Waals surface area contributed by atoms with Crippen molar-refractivity contribution in [2.45, 2.75) is 19.9 Å². The maximum absolute atomic E-state index is 12.3. The van der Waals surface area contributed by atoms with Gasteiger partial charge in [0, 0.05) is 30.2 Å². The van der Waals surface area contributed by atoms with Gasteiger partial charge in [0.15, 0.2) is 9.84 Å². The highest BCUT2D eigenvalue weighted by Crippen LogP contribution is 2.22. The van der Waals surface area contributed by atoms with Crippen LogP contribution < -0.4 is 5.32 Å². The van der Waals surface area contributed by atoms with Crippen LogP contribution in [0.15, 0.2) is 24.4 Å². The summed E-state index contributed by atoms with van der Waals surface area (Å²) >= 11 is 0. The van der Waals surface area contributed by atoms with Gasteiger partial charge in [0.05, 0.1) is 23.2 Å². The van der Waals surface area contributed by atoms with E-state index in [0.29, 0.717) is 5.69 Å². The molecule has 2 aromatic rings. The number of sulfone groups is 1. The normalized spacial score (nSPS) is 17.6. The van der Waals surface area contributed by atoms with E-state index in [0.717, 1.165) is 10.9 Å². The highest BCUT2D eigenvalue weighted by atomic mass is 32.2. The van der Waals surface area contributed by atoms with Crippen molar-refractivity contribution in [2.75, 3.05) is 29.9 Å². The summed E-state index contributed by atoms with van der Waals surface area (Å²) in [5, 5.41) is 8.20. The number of nitrogens with zero attached hydrogens (tertiary/aromatic N) is 3. The first-order valence-corrected chi connectivity index (χ1v) is 9.41. The van der Waals surface area contributed by atoms with Gasteiger partial charge in [-0.1, -0.05) is 0 Å². The minimum atomic E-state index is -2.99. The third kappa shape index (κ3) is 3.31. The van der Waals surface area contributed by atoms with E-state index in [1.807, 2.05) is 36.7 Å². The molecule has 0 radical (unpaired) electrons. The molecule has 2 amide bonds. The second-order valence-electron chi connectivity index (χ2n) is 6.03. The molecule has 23 heavy (non-hydrogen) atoms. The molecule has 1 aliphatic heterocycles. The van der Waals surface area contributed by atoms with E-state index in [9.17, 15) is 13.2 Å². The molecule has 1 saturated heterocycles. The van der Waals surface area contributed by atoms with E-state index >= 15 is 0 Å². The monoisotopic (exact) mass is 336 g/mol. The van der Waals surface area contributed by atoms with Gasteiger partial charge in [-0.15, -0.1) is 0 Å². The predicted octanol–water partition coefficient (Wildman–Crippen LogP) is 1.88. The molecule has 8 heteroatoms. The Bertz CT molecular complexity index is 828. The van der Waals surface area contributed by atoms with Crippen LogP contribution in [0.1, 0.15) is 19.9 Å². The lowest BCUT2D eigenvalue weighted by molar-refractivity contribution is 0.216. The third-order valence-corrected chi connectivity index (χ3v) is 5.58. The first-order chi connectivity index (χ1) is 10.9. The standard InChI is InChI=1S/C15H20N4O3S/c1-11(2)19-14-9-13(4-3-12(14)10-16-19)17-15(20)18-5-7-23(21,22)8-6-18/h3-4,9-11H,5-8H2,1-2H3,(H,17,20). The predicted molar refractivity (Wildman–Crippen MR) is 89.4 cm³/mol. The molecule has 7 nitrogen and oxygen atoms in total. The van der Waals surface area contributed by atoms with Gasteiger partial charge < -0.3 is 10.2 Å². The zero-order chi connectivity index (χ0) is 16.6. The molecule has 2 heterocycles. The lowest BCUT2D eigenvalue weighted by Gasteiger charge is -2.26. The van der Waals surface area contributed by atoms with Gasteiger partial charge in [-0.3, -0.25) is 4.68 Å². The average Bonchev–Trinajstić information content (AvgIpc) is 2.90. The van der Waals surface area contributed by atoms with Gasteiger partial charge in [0.1, 0.15) is 0 Å². The van der Waals surface area contributed by atoms with E-state index in [2.05, 4.69) is 10.4 Å². The van der Waals surface area contributed by atoms with Crippen LogP contribution in [0, 0.1) is 0 Å². The zero-order valence-corrected chi connectivity index (χ0v) is 14.0. The van der Waals surface area contributed by atoms with Crippen LogP contribution in [-0.4, -0.2) is 53.7 Å². The number of urea groups is 1. The number of nitrogens with one attached hydrogen (secondary N) is 1. The molecule has 0 unspecified atom stereocenters. The number of fused-ring (bicyclic) bond motifs is 1. The molecular weight excluding hydrogens is 316 g/mol. The fraction of sp³-hybridized carbons (Fsp3) is 0.467. The summed E-state index contributed by atoms with van der Waals surface area (Å²) in [5.41, 5.74) is 1.64. The number of anilines is 1. The van der Waals surface area contributed by atoms with Crippen molar-refractivity contribution in [3.63, 3.8) is 0 Å². The average molecular weight is 336 g/mol. The Labute approximate surface area is 135 Å². The summed E-state index contributed by atoms with van der Waals surface area (Å²) in [5.74, 6) is 0.0547. The molecule has 1 N–H and O–H groups in total. The molecule has 0 spiro atoms. The first kappa shape index (κ1) is 15.8. The van der Waals surface area contributed by atoms with Crippen LogP contribution in [0.25, 0.3) is 10.9 Å². The third-order valence-electron chi connectivity index (χ3n) is 3.97. The maximum atomic E-state index is 12.3. The number of rotatable bonds is 2. The summed E-state index contributed by atoms with van der Waals surface area (Å²) in [4.78, 5) is 13.8. The van der Waals surface area contributed by atoms with Crippen LogP contribution in [0.5, 0.6) is 0 Å². The van der Waals surface area contributed by atoms with Crippen molar-refractivity contribution in [1.29, 1.82) is 0 Å². The van der Waals surface area contributed by atoms with E-state index in [1.165, 1.54) is 4.90 Å². The number of carbonyl (C=O) groups excluding carboxylic acids is 1. The van der Waals surface area contributed by atoms with Gasteiger partial charge in [0.2, 0.25) is 0 Å². The largest absolute Gasteiger partial charge is 0.322 e. The first-order valence-electron chi connectivity index (χ1n) is 7.59. The Morgan fingerprint density at radius 2 is 1.96 bits per heavy atom. The molecular formula is C15H20N4O3S. The maximum Gasteiger partial charge on any atom is 0.321 e. The lowest BCUT2D eigenvalue weighted by Crippen LogP contribution is -2.45. The molecule has 3 rings (SSSR count). The quantitative estimate of drug-likeness (QED) is 0.907. The molecule has 124 valence electrons. The van der Waals surface area contributed by atoms with Crippen molar-refractivity contribution in [2.24, 2.45) is 0 Å². The SMILES string of the molecule is CC(C)n1ncc2ccc(NC(=O)N3CCS(=O)(=O)CC3)cc21. The van der Waals surface area contributed by atoms with Crippen molar-refractivity contribution >= 4 is 32.5 Å². The summed E-state index contributed by atoms with van der Waals surface area (Å²) in [6, 6.07) is 5.59. The molecule has 1 fully saturated rings. The van der Waals surface area contributed by atoms with E-state index in [1.54, 1.807) is 6.20 Å². The van der Waals surface area contributed by atoms with Crippen molar-refractivity contribution < 1.29 is 13.2 Å². The molecule has 1 aromatic carbocycles. The smallest absolute Gasteiger partial charge is 0.321 e. The van der Waals surface area contributed by atoms with Crippen molar-refractivity contribution in [1.82, 2.24) is 14.7 Å². The number of hydrogen-bond acceptors (Lipinski definition) is 4. The second-order valence-corrected chi connectivity index (χ2v) is 8.33. The van der Waals surface area contributed by atoms with Crippen LogP contribution in [0.3, 0.4) is 0 Å². The number of carbonyl (C=O) groups is 1. The summed E-state index contributed by atoms with van der Waals surface area (Å²) in [6.45, 7) is 4.57. The lowest BCUT2D eigenvalue weighted by atomic mass is 10.2. The zero-order valence-electron chi connectivity index (χ0n) is 13.2. The Morgan fingerprint density at radius 3 is 2.61 bits per heavy atom. The molecule has 0 aliphatic carbocycles. The van der Waals surface area contributed by atoms with Crippen LogP contribution in [0.2, 0.25) is 0 Å². The van der Waals surface area contributed by atoms with Gasteiger partial charge in [-0.05, 0) is 32.0 Å². The highest BCUT2D eigenvalue weighted by molar-refractivity contribution is 7.91. The van der Waals surface area contributed by atoms with Gasteiger partial charge >= 0.3 is 6.03 Å². The fourth-order valence-corrected chi connectivity index (χ4v) is 3.85. The molecule has 0 atom stereocenters. The van der Waals surface area contributed by atoms with E-state index in [-0.39, 0.29) is 36.7 Å². The number of hydrogen-bond donors (Lipinski definition) is 1. The molecule has 1 aromatic heterocycles. The Kier molecular flexibility index (Phi) is 4.01. The van der Waals surface area contributed by atoms with Crippen LogP contribution in [0.4, 0.5) is 10.5 Å². The molecule has 1 aliphatic rings. The number of aromatic nitrogens is 2. The van der Waals surface area contributed by atoms with E-state index < -0.39 is 9.84 Å². The van der Waals surface area contributed by atoms with Crippen LogP contribution in [-0.2, 0) is 9.84 Å². The van der Waals surface area contributed by atoms with Crippen LogP contribution >= 0.6 is 0 Å². The fourth-order valence-electron chi connectivity index (χ4n) is 2.65. The molecule has 0 bridgehead atoms. The Hall–Kier alpha value is -2.09. The van der Waals surface area contributed by atoms with Gasteiger partial charge in [0.25, 0.3) is 0 Å². The van der Waals surface area contributed by atoms with Gasteiger partial charge in [-0.25, -0.2) is 13.2 Å². The van der Waals surface area contributed by atoms with Crippen molar-refractivity contribution in [3.05, 3.63) is 24.4 Å². The Morgan fingerprint density at radius 1 is 1.26 bits per heavy atom. The van der Waals surface area contributed by atoms with Crippen molar-refractivity contribution in [3.8, 4) is 0 Å². The highest BCUT2D eigenvalue weighted by Gasteiger charge is 2.25. The second kappa shape index (κ2) is 5.84. The Balaban J connectivity index is 1.76. The topological polar surface area (TPSA) is 84.3 Å². The summed E-state index contributed by atoms with van der Waals surface area (Å²) in [7, 11) is -2.99. The summed E-state index contributed by atoms with van der Waals surface area (Å²) < 4.78 is 24.8. The summed E-state index contributed by atoms with van der Waals surface area (Å²) in [6.07, 6.45) is 1.80. The number of benzene rings is 1. The minimum Gasteiger partial charge on any atom is -0.322 e. The molecule has 0 saturated carbocycles. The minimum absolute atomic E-state index is 0.0274. The van der Waals surface area contributed by atoms with Gasteiger partial charge in [-0.2, -0.15) is 5.10 Å². The van der Waals surface area contributed by atoms with E-state index in [4.69, 9.17) is 0 Å². The number of amides is 2.